The number of pyridine rings is 1. The highest BCUT2D eigenvalue weighted by atomic mass is 35.5. The van der Waals surface area contributed by atoms with Crippen LogP contribution in [0.1, 0.15) is 31.2 Å². The van der Waals surface area contributed by atoms with Gasteiger partial charge in [0.1, 0.15) is 5.15 Å². The zero-order valence-electron chi connectivity index (χ0n) is 15.4. The number of rotatable bonds is 4. The first-order valence-corrected chi connectivity index (χ1v) is 11.4. The number of carbonyl (C=O) groups excluding carboxylic acids is 1. The van der Waals surface area contributed by atoms with E-state index in [1.54, 1.807) is 6.07 Å². The number of nitrogens with one attached hydrogen (secondary N) is 1. The molecule has 1 saturated heterocycles. The summed E-state index contributed by atoms with van der Waals surface area (Å²) in [6.07, 6.45) is 5.11. The molecule has 1 amide bonds. The highest BCUT2D eigenvalue weighted by Crippen LogP contribution is 2.46. The minimum atomic E-state index is -3.84. The van der Waals surface area contributed by atoms with Crippen LogP contribution in [0.4, 0.5) is 5.69 Å². The summed E-state index contributed by atoms with van der Waals surface area (Å²) in [5, 5.41) is 2.97. The lowest BCUT2D eigenvalue weighted by Gasteiger charge is -2.37. The first-order chi connectivity index (χ1) is 13.9. The number of benzene rings is 1. The van der Waals surface area contributed by atoms with Crippen LogP contribution < -0.4 is 5.32 Å². The smallest absolute Gasteiger partial charge is 0.289 e. The Morgan fingerprint density at radius 2 is 1.97 bits per heavy atom. The zero-order valence-corrected chi connectivity index (χ0v) is 17.0. The van der Waals surface area contributed by atoms with Crippen LogP contribution in [0.5, 0.6) is 0 Å². The number of amides is 1. The lowest BCUT2D eigenvalue weighted by molar-refractivity contribution is -0.281. The quantitative estimate of drug-likeness (QED) is 0.742. The van der Waals surface area contributed by atoms with Crippen LogP contribution in [0.3, 0.4) is 0 Å². The van der Waals surface area contributed by atoms with Gasteiger partial charge in [0.15, 0.2) is 0 Å². The first-order valence-electron chi connectivity index (χ1n) is 9.53. The Bertz CT molecular complexity index is 1080. The maximum atomic E-state index is 13.0. The molecule has 1 aliphatic carbocycles. The fourth-order valence-electron chi connectivity index (χ4n) is 3.87. The molecule has 2 atom stereocenters. The summed E-state index contributed by atoms with van der Waals surface area (Å²) in [6.45, 7) is 0.377. The van der Waals surface area contributed by atoms with Gasteiger partial charge in [-0.3, -0.25) is 4.79 Å². The second-order valence-electron chi connectivity index (χ2n) is 7.65. The normalized spacial score (nSPS) is 26.4. The molecular formula is C20H19ClN2O5S. The molecule has 29 heavy (non-hydrogen) atoms. The second-order valence-corrected chi connectivity index (χ2v) is 9.99. The number of aromatic nitrogens is 1. The summed E-state index contributed by atoms with van der Waals surface area (Å²) in [6, 6.07) is 7.29. The Morgan fingerprint density at radius 1 is 1.17 bits per heavy atom. The molecule has 2 aromatic rings. The summed E-state index contributed by atoms with van der Waals surface area (Å²) >= 11 is 5.77. The molecule has 0 radical (unpaired) electrons. The van der Waals surface area contributed by atoms with E-state index in [1.807, 2.05) is 0 Å². The lowest BCUT2D eigenvalue weighted by atomic mass is 10.0. The van der Waals surface area contributed by atoms with E-state index in [4.69, 9.17) is 21.1 Å². The number of ether oxygens (including phenoxy) is 2. The summed E-state index contributed by atoms with van der Waals surface area (Å²) in [5.41, 5.74) is 0.890. The standard InChI is InChI=1S/C20H19ClN2O5S/c21-18-6-4-15(11-22-18)29(25,26)14-3-5-17-16(10-14)20(19(24)23-17)27-8-7-13(28-20)9-12-1-2-12/h3-6,10-13H,1-2,7-9H2,(H,23,24)/t13?,20-/m1/s1. The van der Waals surface area contributed by atoms with E-state index in [-0.39, 0.29) is 21.0 Å². The van der Waals surface area contributed by atoms with E-state index in [2.05, 4.69) is 10.3 Å². The van der Waals surface area contributed by atoms with E-state index in [0.29, 0.717) is 23.8 Å². The van der Waals surface area contributed by atoms with Crippen molar-refractivity contribution in [3.05, 3.63) is 47.2 Å². The molecule has 3 heterocycles. The topological polar surface area (TPSA) is 94.6 Å². The molecule has 1 aromatic carbocycles. The zero-order chi connectivity index (χ0) is 20.2. The van der Waals surface area contributed by atoms with Gasteiger partial charge in [-0.15, -0.1) is 0 Å². The number of hydrogen-bond acceptors (Lipinski definition) is 6. The molecule has 0 bridgehead atoms. The molecule has 152 valence electrons. The van der Waals surface area contributed by atoms with E-state index in [1.165, 1.54) is 43.3 Å². The molecule has 1 spiro atoms. The monoisotopic (exact) mass is 434 g/mol. The van der Waals surface area contributed by atoms with Crippen molar-refractivity contribution < 1.29 is 22.7 Å². The van der Waals surface area contributed by atoms with Crippen molar-refractivity contribution in [3.63, 3.8) is 0 Å². The molecule has 3 aliphatic rings. The highest BCUT2D eigenvalue weighted by Gasteiger charge is 2.53. The van der Waals surface area contributed by atoms with Crippen LogP contribution in [0.15, 0.2) is 46.3 Å². The molecule has 5 rings (SSSR count). The minimum Gasteiger partial charge on any atom is -0.338 e. The first kappa shape index (κ1) is 19.0. The third-order valence-corrected chi connectivity index (χ3v) is 7.54. The number of fused-ring (bicyclic) bond motifs is 2. The molecule has 1 N–H and O–H groups in total. The Hall–Kier alpha value is -2.00. The van der Waals surface area contributed by atoms with Crippen LogP contribution in [-0.4, -0.2) is 32.0 Å². The second kappa shape index (κ2) is 6.77. The maximum absolute atomic E-state index is 13.0. The number of sulfone groups is 1. The molecule has 1 aromatic heterocycles. The molecular weight excluding hydrogens is 416 g/mol. The van der Waals surface area contributed by atoms with Crippen molar-refractivity contribution in [1.29, 1.82) is 0 Å². The molecule has 2 fully saturated rings. The largest absolute Gasteiger partial charge is 0.338 e. The van der Waals surface area contributed by atoms with Crippen LogP contribution in [-0.2, 0) is 29.9 Å². The Labute approximate surface area is 173 Å². The van der Waals surface area contributed by atoms with Crippen molar-refractivity contribution in [1.82, 2.24) is 4.98 Å². The molecule has 7 nitrogen and oxygen atoms in total. The predicted octanol–water partition coefficient (Wildman–Crippen LogP) is 3.28. The van der Waals surface area contributed by atoms with Gasteiger partial charge in [-0.2, -0.15) is 0 Å². The number of nitrogens with zero attached hydrogens (tertiary/aromatic N) is 1. The number of halogens is 1. The molecule has 1 unspecified atom stereocenters. The third kappa shape index (κ3) is 3.24. The highest BCUT2D eigenvalue weighted by molar-refractivity contribution is 7.91. The van der Waals surface area contributed by atoms with Crippen molar-refractivity contribution >= 4 is 33.0 Å². The predicted molar refractivity (Wildman–Crippen MR) is 104 cm³/mol. The van der Waals surface area contributed by atoms with Crippen molar-refractivity contribution in [2.45, 2.75) is 47.4 Å². The van der Waals surface area contributed by atoms with Gasteiger partial charge in [0.25, 0.3) is 11.7 Å². The number of anilines is 1. The van der Waals surface area contributed by atoms with E-state index in [0.717, 1.165) is 12.8 Å². The average molecular weight is 435 g/mol. The number of hydrogen-bond donors (Lipinski definition) is 1. The maximum Gasteiger partial charge on any atom is 0.289 e. The molecule has 9 heteroatoms. The Morgan fingerprint density at radius 3 is 2.69 bits per heavy atom. The van der Waals surface area contributed by atoms with Crippen molar-refractivity contribution in [3.8, 4) is 0 Å². The molecule has 2 aliphatic heterocycles. The summed E-state index contributed by atoms with van der Waals surface area (Å²) < 4.78 is 38.1. The fourth-order valence-corrected chi connectivity index (χ4v) is 5.21. The van der Waals surface area contributed by atoms with Gasteiger partial charge in [0.2, 0.25) is 9.84 Å². The summed E-state index contributed by atoms with van der Waals surface area (Å²) in [5.74, 6) is -1.38. The van der Waals surface area contributed by atoms with Gasteiger partial charge in [-0.05, 0) is 49.1 Å². The Balaban J connectivity index is 1.53. The van der Waals surface area contributed by atoms with E-state index < -0.39 is 21.5 Å². The summed E-state index contributed by atoms with van der Waals surface area (Å²) in [4.78, 5) is 16.7. The van der Waals surface area contributed by atoms with Crippen LogP contribution in [0.25, 0.3) is 0 Å². The summed E-state index contributed by atoms with van der Waals surface area (Å²) in [7, 11) is -3.84. The van der Waals surface area contributed by atoms with Gasteiger partial charge in [0.05, 0.1) is 28.2 Å². The SMILES string of the molecule is O=C1Nc2ccc(S(=O)(=O)c3ccc(Cl)nc3)cc2[C@]12OCCC(CC1CC1)O2. The van der Waals surface area contributed by atoms with Crippen molar-refractivity contribution in [2.75, 3.05) is 11.9 Å². The van der Waals surface area contributed by atoms with Gasteiger partial charge < -0.3 is 14.8 Å². The lowest BCUT2D eigenvalue weighted by Crippen LogP contribution is -2.47. The van der Waals surface area contributed by atoms with Gasteiger partial charge in [-0.25, -0.2) is 13.4 Å². The Kier molecular flexibility index (Phi) is 4.43. The van der Waals surface area contributed by atoms with Gasteiger partial charge in [-0.1, -0.05) is 24.4 Å². The van der Waals surface area contributed by atoms with Gasteiger partial charge >= 0.3 is 0 Å². The minimum absolute atomic E-state index is 0.0188. The molecule has 1 saturated carbocycles. The van der Waals surface area contributed by atoms with E-state index >= 15 is 0 Å². The average Bonchev–Trinajstić information content (AvgIpc) is 3.48. The van der Waals surface area contributed by atoms with Crippen LogP contribution >= 0.6 is 11.6 Å². The van der Waals surface area contributed by atoms with Gasteiger partial charge in [0, 0.05) is 11.8 Å². The van der Waals surface area contributed by atoms with Crippen LogP contribution in [0, 0.1) is 5.92 Å². The van der Waals surface area contributed by atoms with E-state index in [9.17, 15) is 13.2 Å². The number of carbonyl (C=O) groups is 1. The fraction of sp³-hybridized carbons (Fsp3) is 0.400. The third-order valence-electron chi connectivity index (χ3n) is 5.58. The van der Waals surface area contributed by atoms with Crippen LogP contribution in [0.2, 0.25) is 5.15 Å². The van der Waals surface area contributed by atoms with Crippen molar-refractivity contribution in [2.24, 2.45) is 5.92 Å².